The van der Waals surface area contributed by atoms with Gasteiger partial charge in [0.05, 0.1) is 0 Å². The first-order chi connectivity index (χ1) is 10.7. The fourth-order valence-electron chi connectivity index (χ4n) is 1.90. The van der Waals surface area contributed by atoms with Gasteiger partial charge in [-0.3, -0.25) is 5.43 Å². The Morgan fingerprint density at radius 1 is 1.09 bits per heavy atom. The quantitative estimate of drug-likeness (QED) is 0.495. The van der Waals surface area contributed by atoms with Gasteiger partial charge < -0.3 is 5.32 Å². The summed E-state index contributed by atoms with van der Waals surface area (Å²) < 4.78 is 12.8. The average molecular weight is 315 g/mol. The molecule has 0 aliphatic carbocycles. The summed E-state index contributed by atoms with van der Waals surface area (Å²) in [5.74, 6) is -0.279. The van der Waals surface area contributed by atoms with E-state index in [2.05, 4.69) is 34.9 Å². The molecule has 2 aromatic carbocycles. The third-order valence-electron chi connectivity index (χ3n) is 3.08. The Kier molecular flexibility index (Phi) is 6.03. The SMILES string of the molecule is CCC(Cc1ccccc1)=NNC(=S)Nc1ccc(F)cc1. The van der Waals surface area contributed by atoms with Crippen molar-refractivity contribution >= 4 is 28.7 Å². The molecule has 0 aromatic heterocycles. The number of halogens is 1. The van der Waals surface area contributed by atoms with Gasteiger partial charge in [0, 0.05) is 17.8 Å². The molecule has 0 fully saturated rings. The van der Waals surface area contributed by atoms with Crippen LogP contribution < -0.4 is 10.7 Å². The predicted molar refractivity (Wildman–Crippen MR) is 93.6 cm³/mol. The van der Waals surface area contributed by atoms with Crippen molar-refractivity contribution in [3.8, 4) is 0 Å². The summed E-state index contributed by atoms with van der Waals surface area (Å²) in [5.41, 5.74) is 5.77. The second kappa shape index (κ2) is 8.24. The summed E-state index contributed by atoms with van der Waals surface area (Å²) in [6.45, 7) is 2.06. The molecule has 22 heavy (non-hydrogen) atoms. The Bertz CT molecular complexity index is 639. The fourth-order valence-corrected chi connectivity index (χ4v) is 2.06. The molecule has 0 saturated carbocycles. The molecule has 5 heteroatoms. The summed E-state index contributed by atoms with van der Waals surface area (Å²) in [4.78, 5) is 0. The number of nitrogens with one attached hydrogen (secondary N) is 2. The number of hydrogen-bond acceptors (Lipinski definition) is 2. The van der Waals surface area contributed by atoms with E-state index >= 15 is 0 Å². The van der Waals surface area contributed by atoms with Crippen LogP contribution in [0.4, 0.5) is 10.1 Å². The van der Waals surface area contributed by atoms with Crippen LogP contribution in [0.2, 0.25) is 0 Å². The van der Waals surface area contributed by atoms with Crippen LogP contribution in [0.5, 0.6) is 0 Å². The van der Waals surface area contributed by atoms with Crippen LogP contribution in [-0.4, -0.2) is 10.8 Å². The van der Waals surface area contributed by atoms with Crippen molar-refractivity contribution in [3.63, 3.8) is 0 Å². The van der Waals surface area contributed by atoms with E-state index in [0.717, 1.165) is 24.2 Å². The van der Waals surface area contributed by atoms with Crippen LogP contribution >= 0.6 is 12.2 Å². The molecular formula is C17H18FN3S. The summed E-state index contributed by atoms with van der Waals surface area (Å²) in [6, 6.07) is 16.2. The van der Waals surface area contributed by atoms with Crippen LogP contribution in [0.15, 0.2) is 59.7 Å². The molecule has 2 rings (SSSR count). The van der Waals surface area contributed by atoms with Crippen molar-refractivity contribution in [2.45, 2.75) is 19.8 Å². The zero-order valence-corrected chi connectivity index (χ0v) is 13.2. The van der Waals surface area contributed by atoms with Gasteiger partial charge in [0.25, 0.3) is 0 Å². The van der Waals surface area contributed by atoms with Crippen molar-refractivity contribution in [2.75, 3.05) is 5.32 Å². The second-order valence-electron chi connectivity index (χ2n) is 4.77. The van der Waals surface area contributed by atoms with Crippen LogP contribution in [-0.2, 0) is 6.42 Å². The van der Waals surface area contributed by atoms with E-state index in [1.807, 2.05) is 18.2 Å². The van der Waals surface area contributed by atoms with Gasteiger partial charge in [-0.2, -0.15) is 5.10 Å². The Balaban J connectivity index is 1.90. The van der Waals surface area contributed by atoms with Gasteiger partial charge in [0.1, 0.15) is 5.82 Å². The van der Waals surface area contributed by atoms with Crippen LogP contribution in [0.3, 0.4) is 0 Å². The average Bonchev–Trinajstić information content (AvgIpc) is 2.54. The summed E-state index contributed by atoms with van der Waals surface area (Å²) in [5, 5.41) is 7.68. The molecule has 0 heterocycles. The maximum Gasteiger partial charge on any atom is 0.191 e. The standard InChI is InChI=1S/C17H18FN3S/c1-2-15(12-13-6-4-3-5-7-13)20-21-17(22)19-16-10-8-14(18)9-11-16/h3-11H,2,12H2,1H3,(H2,19,21,22). The lowest BCUT2D eigenvalue weighted by atomic mass is 10.1. The maximum atomic E-state index is 12.8. The van der Waals surface area contributed by atoms with E-state index in [1.54, 1.807) is 12.1 Å². The zero-order valence-electron chi connectivity index (χ0n) is 12.3. The number of anilines is 1. The monoisotopic (exact) mass is 315 g/mol. The molecule has 0 aliphatic heterocycles. The predicted octanol–water partition coefficient (Wildman–Crippen LogP) is 4.12. The molecule has 3 nitrogen and oxygen atoms in total. The normalized spacial score (nSPS) is 11.1. The lowest BCUT2D eigenvalue weighted by Gasteiger charge is -2.09. The number of benzene rings is 2. The number of rotatable bonds is 5. The molecule has 2 aromatic rings. The van der Waals surface area contributed by atoms with Crippen LogP contribution in [0.25, 0.3) is 0 Å². The highest BCUT2D eigenvalue weighted by atomic mass is 32.1. The van der Waals surface area contributed by atoms with Gasteiger partial charge in [0.15, 0.2) is 5.11 Å². The lowest BCUT2D eigenvalue weighted by Crippen LogP contribution is -2.25. The Morgan fingerprint density at radius 3 is 2.41 bits per heavy atom. The number of nitrogens with zero attached hydrogens (tertiary/aromatic N) is 1. The van der Waals surface area contributed by atoms with E-state index in [0.29, 0.717) is 5.11 Å². The minimum absolute atomic E-state index is 0.279. The topological polar surface area (TPSA) is 36.4 Å². The van der Waals surface area contributed by atoms with Crippen LogP contribution in [0.1, 0.15) is 18.9 Å². The number of thiocarbonyl (C=S) groups is 1. The van der Waals surface area contributed by atoms with Crippen molar-refractivity contribution in [3.05, 3.63) is 66.0 Å². The number of hydrogen-bond donors (Lipinski definition) is 2. The van der Waals surface area contributed by atoms with Gasteiger partial charge in [-0.15, -0.1) is 0 Å². The van der Waals surface area contributed by atoms with Crippen molar-refractivity contribution in [2.24, 2.45) is 5.10 Å². The summed E-state index contributed by atoms with van der Waals surface area (Å²) in [6.07, 6.45) is 1.62. The first-order valence-corrected chi connectivity index (χ1v) is 7.50. The highest BCUT2D eigenvalue weighted by Gasteiger charge is 2.01. The van der Waals surface area contributed by atoms with E-state index in [4.69, 9.17) is 12.2 Å². The third kappa shape index (κ3) is 5.26. The third-order valence-corrected chi connectivity index (χ3v) is 3.27. The molecule has 0 bridgehead atoms. The minimum Gasteiger partial charge on any atom is -0.331 e. The van der Waals surface area contributed by atoms with Crippen molar-refractivity contribution in [1.29, 1.82) is 0 Å². The molecule has 0 spiro atoms. The molecule has 0 radical (unpaired) electrons. The van der Waals surface area contributed by atoms with E-state index in [1.165, 1.54) is 17.7 Å². The van der Waals surface area contributed by atoms with Gasteiger partial charge in [-0.05, 0) is 48.5 Å². The molecule has 0 aliphatic rings. The molecule has 114 valence electrons. The molecule has 0 atom stereocenters. The highest BCUT2D eigenvalue weighted by Crippen LogP contribution is 2.08. The Hall–Kier alpha value is -2.27. The lowest BCUT2D eigenvalue weighted by molar-refractivity contribution is 0.628. The maximum absolute atomic E-state index is 12.8. The molecular weight excluding hydrogens is 297 g/mol. The molecule has 0 unspecified atom stereocenters. The van der Waals surface area contributed by atoms with Crippen LogP contribution in [0, 0.1) is 5.82 Å². The Labute approximate surface area is 135 Å². The van der Waals surface area contributed by atoms with Gasteiger partial charge in [-0.25, -0.2) is 4.39 Å². The first-order valence-electron chi connectivity index (χ1n) is 7.09. The van der Waals surface area contributed by atoms with E-state index in [-0.39, 0.29) is 5.82 Å². The molecule has 0 amide bonds. The molecule has 0 saturated heterocycles. The zero-order chi connectivity index (χ0) is 15.8. The Morgan fingerprint density at radius 2 is 1.77 bits per heavy atom. The van der Waals surface area contributed by atoms with Crippen molar-refractivity contribution < 1.29 is 4.39 Å². The summed E-state index contributed by atoms with van der Waals surface area (Å²) in [7, 11) is 0. The first kappa shape index (κ1) is 16.1. The molecule has 2 N–H and O–H groups in total. The summed E-state index contributed by atoms with van der Waals surface area (Å²) >= 11 is 5.18. The van der Waals surface area contributed by atoms with E-state index < -0.39 is 0 Å². The highest BCUT2D eigenvalue weighted by molar-refractivity contribution is 7.80. The van der Waals surface area contributed by atoms with Gasteiger partial charge in [-0.1, -0.05) is 37.3 Å². The number of hydrazone groups is 1. The smallest absolute Gasteiger partial charge is 0.191 e. The second-order valence-corrected chi connectivity index (χ2v) is 5.18. The largest absolute Gasteiger partial charge is 0.331 e. The fraction of sp³-hybridized carbons (Fsp3) is 0.176. The van der Waals surface area contributed by atoms with Gasteiger partial charge in [0.2, 0.25) is 0 Å². The van der Waals surface area contributed by atoms with E-state index in [9.17, 15) is 4.39 Å². The van der Waals surface area contributed by atoms with Gasteiger partial charge >= 0.3 is 0 Å². The minimum atomic E-state index is -0.279. The van der Waals surface area contributed by atoms with Crippen molar-refractivity contribution in [1.82, 2.24) is 5.43 Å².